The van der Waals surface area contributed by atoms with E-state index in [0.717, 1.165) is 0 Å². The predicted octanol–water partition coefficient (Wildman–Crippen LogP) is -4.72. The average molecular weight is 444 g/mol. The molecule has 4 atom stereocenters. The number of aromatic amines is 1. The third-order valence-corrected chi connectivity index (χ3v) is 3.95. The summed E-state index contributed by atoms with van der Waals surface area (Å²) in [6.07, 6.45) is 1.62. The maximum Gasteiger partial charge on any atom is 0.328 e. The van der Waals surface area contributed by atoms with E-state index >= 15 is 0 Å². The number of aliphatic hydroxyl groups is 2. The maximum absolute atomic E-state index is 12.7. The van der Waals surface area contributed by atoms with E-state index in [1.165, 1.54) is 12.5 Å². The van der Waals surface area contributed by atoms with Crippen molar-refractivity contribution in [2.75, 3.05) is 13.2 Å². The lowest BCUT2D eigenvalue weighted by Gasteiger charge is -2.24. The molecule has 0 aliphatic heterocycles. The SMILES string of the molecule is NC(CO)C(=O)NC(Cc1cnc[nH]1)C(=O)NC(CC(=O)O)C(=O)NC(CO)C(=O)O. The highest BCUT2D eigenvalue weighted by molar-refractivity contribution is 5.95. The lowest BCUT2D eigenvalue weighted by molar-refractivity contribution is -0.144. The van der Waals surface area contributed by atoms with Crippen LogP contribution in [0.25, 0.3) is 0 Å². The molecule has 0 radical (unpaired) electrons. The molecule has 0 fully saturated rings. The minimum Gasteiger partial charge on any atom is -0.481 e. The number of H-pyrrole nitrogens is 1. The van der Waals surface area contributed by atoms with Gasteiger partial charge >= 0.3 is 11.9 Å². The summed E-state index contributed by atoms with van der Waals surface area (Å²) < 4.78 is 0. The molecule has 172 valence electrons. The standard InChI is InChI=1S/C16H24N6O9/c17-8(4-23)13(27)20-9(1-7-3-18-6-19-7)14(28)21-10(2-12(25)26)15(29)22-11(5-24)16(30)31/h3,6,8-11,23-24H,1-2,4-5,17H2,(H,18,19)(H,20,27)(H,21,28)(H,22,29)(H,25,26)(H,30,31). The molecule has 0 saturated heterocycles. The number of nitrogens with zero attached hydrogens (tertiary/aromatic N) is 1. The van der Waals surface area contributed by atoms with Crippen molar-refractivity contribution >= 4 is 29.7 Å². The van der Waals surface area contributed by atoms with Crippen molar-refractivity contribution in [3.05, 3.63) is 18.2 Å². The Morgan fingerprint density at radius 3 is 2.00 bits per heavy atom. The molecule has 1 rings (SSSR count). The predicted molar refractivity (Wildman–Crippen MR) is 100 cm³/mol. The van der Waals surface area contributed by atoms with Gasteiger partial charge in [-0.25, -0.2) is 9.78 Å². The van der Waals surface area contributed by atoms with E-state index < -0.39 is 73.5 Å². The number of carboxylic acid groups (broad SMARTS) is 2. The zero-order valence-electron chi connectivity index (χ0n) is 16.1. The Labute approximate surface area is 175 Å². The first-order chi connectivity index (χ1) is 14.6. The van der Waals surface area contributed by atoms with Crippen LogP contribution < -0.4 is 21.7 Å². The van der Waals surface area contributed by atoms with Crippen molar-refractivity contribution in [3.8, 4) is 0 Å². The van der Waals surface area contributed by atoms with E-state index in [1.807, 2.05) is 5.32 Å². The molecule has 0 aliphatic rings. The smallest absolute Gasteiger partial charge is 0.328 e. The van der Waals surface area contributed by atoms with E-state index in [1.54, 1.807) is 0 Å². The van der Waals surface area contributed by atoms with E-state index in [0.29, 0.717) is 5.69 Å². The first-order valence-electron chi connectivity index (χ1n) is 8.89. The van der Waals surface area contributed by atoms with Crippen LogP contribution in [-0.4, -0.2) is 97.4 Å². The van der Waals surface area contributed by atoms with Gasteiger partial charge in [0.15, 0.2) is 0 Å². The average Bonchev–Trinajstić information content (AvgIpc) is 3.22. The molecular weight excluding hydrogens is 420 g/mol. The molecule has 0 spiro atoms. The normalized spacial score (nSPS) is 14.5. The molecule has 4 unspecified atom stereocenters. The van der Waals surface area contributed by atoms with Gasteiger partial charge in [0.05, 0.1) is 26.0 Å². The molecular formula is C16H24N6O9. The van der Waals surface area contributed by atoms with E-state index in [-0.39, 0.29) is 6.42 Å². The molecule has 3 amide bonds. The van der Waals surface area contributed by atoms with Crippen molar-refractivity contribution in [3.63, 3.8) is 0 Å². The summed E-state index contributed by atoms with van der Waals surface area (Å²) in [5.74, 6) is -6.08. The van der Waals surface area contributed by atoms with Gasteiger partial charge in [0.25, 0.3) is 0 Å². The molecule has 0 aromatic carbocycles. The number of rotatable bonds is 13. The lowest BCUT2D eigenvalue weighted by Crippen LogP contribution is -2.58. The topological polar surface area (TPSA) is 257 Å². The molecule has 15 nitrogen and oxygen atoms in total. The van der Waals surface area contributed by atoms with Crippen molar-refractivity contribution < 1.29 is 44.4 Å². The van der Waals surface area contributed by atoms with Gasteiger partial charge in [0, 0.05) is 18.3 Å². The molecule has 10 N–H and O–H groups in total. The second kappa shape index (κ2) is 12.2. The number of amides is 3. The third kappa shape index (κ3) is 8.37. The van der Waals surface area contributed by atoms with Gasteiger partial charge < -0.3 is 47.1 Å². The maximum atomic E-state index is 12.7. The highest BCUT2D eigenvalue weighted by Crippen LogP contribution is 2.03. The number of aliphatic hydroxyl groups excluding tert-OH is 2. The number of carbonyl (C=O) groups excluding carboxylic acids is 3. The number of hydrogen-bond donors (Lipinski definition) is 9. The summed E-state index contributed by atoms with van der Waals surface area (Å²) in [6.45, 7) is -1.67. The molecule has 0 aliphatic carbocycles. The zero-order valence-corrected chi connectivity index (χ0v) is 16.1. The van der Waals surface area contributed by atoms with Crippen molar-refractivity contribution in [1.82, 2.24) is 25.9 Å². The molecule has 15 heteroatoms. The highest BCUT2D eigenvalue weighted by atomic mass is 16.4. The van der Waals surface area contributed by atoms with Crippen LogP contribution in [0.1, 0.15) is 12.1 Å². The number of imidazole rings is 1. The largest absolute Gasteiger partial charge is 0.481 e. The van der Waals surface area contributed by atoms with Crippen molar-refractivity contribution in [2.24, 2.45) is 5.73 Å². The Balaban J connectivity index is 3.01. The Hall–Kier alpha value is -3.56. The van der Waals surface area contributed by atoms with Crippen molar-refractivity contribution in [2.45, 2.75) is 37.0 Å². The van der Waals surface area contributed by atoms with Gasteiger partial charge in [-0.1, -0.05) is 0 Å². The summed E-state index contributed by atoms with van der Waals surface area (Å²) in [4.78, 5) is 65.5. The van der Waals surface area contributed by atoms with Crippen LogP contribution in [0.15, 0.2) is 12.5 Å². The van der Waals surface area contributed by atoms with E-state index in [4.69, 9.17) is 26.2 Å². The zero-order chi connectivity index (χ0) is 23.6. The minimum absolute atomic E-state index is 0.147. The summed E-state index contributed by atoms with van der Waals surface area (Å²) in [5.41, 5.74) is 5.82. The Morgan fingerprint density at radius 2 is 1.52 bits per heavy atom. The van der Waals surface area contributed by atoms with Crippen LogP contribution in [0.4, 0.5) is 0 Å². The van der Waals surface area contributed by atoms with Crippen molar-refractivity contribution in [1.29, 1.82) is 0 Å². The number of carbonyl (C=O) groups is 5. The van der Waals surface area contributed by atoms with Gasteiger partial charge in [-0.05, 0) is 0 Å². The number of aliphatic carboxylic acids is 2. The van der Waals surface area contributed by atoms with Gasteiger partial charge in [0.1, 0.15) is 24.2 Å². The molecule has 1 heterocycles. The summed E-state index contributed by atoms with van der Waals surface area (Å²) >= 11 is 0. The number of nitrogens with two attached hydrogens (primary N) is 1. The summed E-state index contributed by atoms with van der Waals surface area (Å²) in [5, 5.41) is 42.2. The number of aromatic nitrogens is 2. The van der Waals surface area contributed by atoms with Crippen LogP contribution >= 0.6 is 0 Å². The number of carboxylic acids is 2. The van der Waals surface area contributed by atoms with Crippen LogP contribution in [0.5, 0.6) is 0 Å². The van der Waals surface area contributed by atoms with Crippen LogP contribution in [0.3, 0.4) is 0 Å². The Bertz CT molecular complexity index is 785. The first kappa shape index (κ1) is 25.5. The Kier molecular flexibility index (Phi) is 10.0. The number of nitrogens with one attached hydrogen (secondary N) is 4. The molecule has 0 bridgehead atoms. The second-order valence-corrected chi connectivity index (χ2v) is 6.37. The quantitative estimate of drug-likeness (QED) is 0.139. The van der Waals surface area contributed by atoms with Gasteiger partial charge in [-0.15, -0.1) is 0 Å². The molecule has 0 saturated carbocycles. The second-order valence-electron chi connectivity index (χ2n) is 6.37. The third-order valence-electron chi connectivity index (χ3n) is 3.95. The first-order valence-corrected chi connectivity index (χ1v) is 8.89. The van der Waals surface area contributed by atoms with E-state index in [2.05, 4.69) is 20.6 Å². The van der Waals surface area contributed by atoms with Crippen LogP contribution in [0.2, 0.25) is 0 Å². The van der Waals surface area contributed by atoms with Gasteiger partial charge in [-0.2, -0.15) is 0 Å². The lowest BCUT2D eigenvalue weighted by atomic mass is 10.1. The van der Waals surface area contributed by atoms with Gasteiger partial charge in [-0.3, -0.25) is 19.2 Å². The summed E-state index contributed by atoms with van der Waals surface area (Å²) in [7, 11) is 0. The fourth-order valence-electron chi connectivity index (χ4n) is 2.30. The Morgan fingerprint density at radius 1 is 0.935 bits per heavy atom. The van der Waals surface area contributed by atoms with Crippen LogP contribution in [0, 0.1) is 0 Å². The molecule has 31 heavy (non-hydrogen) atoms. The monoisotopic (exact) mass is 444 g/mol. The molecule has 1 aromatic rings. The molecule has 1 aromatic heterocycles. The number of hydrogen-bond acceptors (Lipinski definition) is 9. The highest BCUT2D eigenvalue weighted by Gasteiger charge is 2.31. The summed E-state index contributed by atoms with van der Waals surface area (Å²) in [6, 6.07) is -6.12. The van der Waals surface area contributed by atoms with E-state index in [9.17, 15) is 24.0 Å². The van der Waals surface area contributed by atoms with Gasteiger partial charge in [0.2, 0.25) is 17.7 Å². The fraction of sp³-hybridized carbons (Fsp3) is 0.500. The fourth-order valence-corrected chi connectivity index (χ4v) is 2.30. The minimum atomic E-state index is -1.72. The van der Waals surface area contributed by atoms with Crippen LogP contribution in [-0.2, 0) is 30.4 Å².